The summed E-state index contributed by atoms with van der Waals surface area (Å²) in [6.07, 6.45) is 0. The number of carbonyl (C=O) groups excluding carboxylic acids is 3. The summed E-state index contributed by atoms with van der Waals surface area (Å²) in [5.41, 5.74) is -0.0940. The number of fused-ring (bicyclic) bond motifs is 1. The highest BCUT2D eigenvalue weighted by Gasteiger charge is 2.28. The van der Waals surface area contributed by atoms with Crippen molar-refractivity contribution in [3.8, 4) is 11.5 Å². The van der Waals surface area contributed by atoms with Gasteiger partial charge in [0.15, 0.2) is 23.9 Å². The first-order valence-corrected chi connectivity index (χ1v) is 8.01. The summed E-state index contributed by atoms with van der Waals surface area (Å²) >= 11 is 0. The summed E-state index contributed by atoms with van der Waals surface area (Å²) in [4.78, 5) is 45.9. The van der Waals surface area contributed by atoms with Crippen LogP contribution in [0.1, 0.15) is 27.6 Å². The highest BCUT2D eigenvalue weighted by Crippen LogP contribution is 2.38. The third-order valence-electron chi connectivity index (χ3n) is 3.77. The van der Waals surface area contributed by atoms with Crippen LogP contribution in [-0.2, 0) is 9.53 Å². The molecule has 28 heavy (non-hydrogen) atoms. The number of ether oxygens (including phenoxy) is 3. The number of hydrogen-bond donors (Lipinski definition) is 1. The third kappa shape index (κ3) is 4.06. The number of esters is 1. The minimum absolute atomic E-state index is 0.113. The highest BCUT2D eigenvalue weighted by molar-refractivity contribution is 6.01. The lowest BCUT2D eigenvalue weighted by molar-refractivity contribution is -0.385. The Hall–Kier alpha value is -3.95. The lowest BCUT2D eigenvalue weighted by Crippen LogP contribution is -2.15. The van der Waals surface area contributed by atoms with Crippen LogP contribution in [0.25, 0.3) is 0 Å². The summed E-state index contributed by atoms with van der Waals surface area (Å²) in [6, 6.07) is 8.20. The molecule has 2 aromatic rings. The number of hydrogen-bond acceptors (Lipinski definition) is 8. The normalized spacial score (nSPS) is 11.6. The summed E-state index contributed by atoms with van der Waals surface area (Å²) < 4.78 is 15.1. The van der Waals surface area contributed by atoms with E-state index in [-0.39, 0.29) is 35.3 Å². The largest absolute Gasteiger partial charge is 0.454 e. The van der Waals surface area contributed by atoms with Crippen molar-refractivity contribution in [2.75, 3.05) is 18.7 Å². The molecule has 1 amide bonds. The summed E-state index contributed by atoms with van der Waals surface area (Å²) in [7, 11) is 0. The van der Waals surface area contributed by atoms with E-state index in [4.69, 9.17) is 14.2 Å². The molecule has 0 spiro atoms. The number of carbonyl (C=O) groups is 3. The number of nitrogens with one attached hydrogen (secondary N) is 1. The van der Waals surface area contributed by atoms with Gasteiger partial charge in [-0.25, -0.2) is 4.79 Å². The molecule has 0 aliphatic carbocycles. The number of nitrogens with zero attached hydrogens (tertiary/aromatic N) is 1. The average Bonchev–Trinajstić information content (AvgIpc) is 3.12. The van der Waals surface area contributed by atoms with Crippen LogP contribution in [0, 0.1) is 10.1 Å². The fraction of sp³-hybridized carbons (Fsp3) is 0.167. The molecule has 10 nitrogen and oxygen atoms in total. The van der Waals surface area contributed by atoms with Crippen molar-refractivity contribution < 1.29 is 33.5 Å². The van der Waals surface area contributed by atoms with Crippen LogP contribution in [0.4, 0.5) is 11.4 Å². The van der Waals surface area contributed by atoms with Crippen molar-refractivity contribution in [2.24, 2.45) is 0 Å². The number of Topliss-reactive ketones (excluding diaryl/α,β-unsaturated/α-hetero) is 1. The molecule has 10 heteroatoms. The first-order valence-electron chi connectivity index (χ1n) is 8.01. The van der Waals surface area contributed by atoms with Gasteiger partial charge in [-0.2, -0.15) is 0 Å². The minimum Gasteiger partial charge on any atom is -0.454 e. The van der Waals surface area contributed by atoms with Gasteiger partial charge >= 0.3 is 5.97 Å². The lowest BCUT2D eigenvalue weighted by Gasteiger charge is -2.07. The van der Waals surface area contributed by atoms with Gasteiger partial charge in [0.1, 0.15) is 5.56 Å². The SMILES string of the molecule is CC(=O)Nc1ccc(C(=O)COC(=O)c2cc3c(cc2[N+](=O)[O-])OCO3)cc1. The van der Waals surface area contributed by atoms with E-state index >= 15 is 0 Å². The Morgan fingerprint density at radius 2 is 1.79 bits per heavy atom. The smallest absolute Gasteiger partial charge is 0.345 e. The van der Waals surface area contributed by atoms with Gasteiger partial charge in [0, 0.05) is 24.2 Å². The molecule has 2 aromatic carbocycles. The van der Waals surface area contributed by atoms with Crippen molar-refractivity contribution in [1.29, 1.82) is 0 Å². The Balaban J connectivity index is 1.69. The Labute approximate surface area is 158 Å². The van der Waals surface area contributed by atoms with Gasteiger partial charge in [-0.05, 0) is 24.3 Å². The van der Waals surface area contributed by atoms with Crippen molar-refractivity contribution in [1.82, 2.24) is 0 Å². The first-order chi connectivity index (χ1) is 13.3. The molecular formula is C18H14N2O8. The van der Waals surface area contributed by atoms with Gasteiger partial charge in [0.05, 0.1) is 11.0 Å². The third-order valence-corrected chi connectivity index (χ3v) is 3.77. The second-order valence-corrected chi connectivity index (χ2v) is 5.74. The van der Waals surface area contributed by atoms with Crippen LogP contribution in [0.2, 0.25) is 0 Å². The Morgan fingerprint density at radius 1 is 1.14 bits per heavy atom. The van der Waals surface area contributed by atoms with E-state index in [2.05, 4.69) is 5.32 Å². The predicted octanol–water partition coefficient (Wildman–Crippen LogP) is 2.32. The molecule has 0 radical (unpaired) electrons. The van der Waals surface area contributed by atoms with E-state index in [9.17, 15) is 24.5 Å². The van der Waals surface area contributed by atoms with E-state index in [1.807, 2.05) is 0 Å². The molecule has 1 aliphatic rings. The predicted molar refractivity (Wildman–Crippen MR) is 94.6 cm³/mol. The Morgan fingerprint density at radius 3 is 2.39 bits per heavy atom. The molecule has 144 valence electrons. The van der Waals surface area contributed by atoms with E-state index < -0.39 is 29.0 Å². The second kappa shape index (κ2) is 7.74. The molecule has 0 bridgehead atoms. The number of anilines is 1. The van der Waals surface area contributed by atoms with E-state index in [1.54, 1.807) is 0 Å². The molecular weight excluding hydrogens is 372 g/mol. The van der Waals surface area contributed by atoms with Crippen LogP contribution in [-0.4, -0.2) is 36.0 Å². The lowest BCUT2D eigenvalue weighted by atomic mass is 10.1. The zero-order chi connectivity index (χ0) is 20.3. The standard InChI is InChI=1S/C18H14N2O8/c1-10(21)19-12-4-2-11(3-5-12)15(22)8-26-18(23)13-6-16-17(28-9-27-16)7-14(13)20(24)25/h2-7H,8-9H2,1H3,(H,19,21). The van der Waals surface area contributed by atoms with Gasteiger partial charge in [-0.15, -0.1) is 0 Å². The topological polar surface area (TPSA) is 134 Å². The van der Waals surface area contributed by atoms with Gasteiger partial charge in [-0.1, -0.05) is 0 Å². The van der Waals surface area contributed by atoms with E-state index in [0.29, 0.717) is 5.69 Å². The maximum absolute atomic E-state index is 12.3. The quantitative estimate of drug-likeness (QED) is 0.346. The highest BCUT2D eigenvalue weighted by atomic mass is 16.7. The number of rotatable bonds is 6. The Kier molecular flexibility index (Phi) is 5.21. The van der Waals surface area contributed by atoms with E-state index in [1.165, 1.54) is 31.2 Å². The first kappa shape index (κ1) is 18.8. The van der Waals surface area contributed by atoms with Crippen molar-refractivity contribution >= 4 is 29.0 Å². The molecule has 0 saturated carbocycles. The average molecular weight is 386 g/mol. The van der Waals surface area contributed by atoms with Crippen LogP contribution in [0.5, 0.6) is 11.5 Å². The number of ketones is 1. The van der Waals surface area contributed by atoms with Crippen molar-refractivity contribution in [3.63, 3.8) is 0 Å². The fourth-order valence-corrected chi connectivity index (χ4v) is 2.48. The molecule has 0 atom stereocenters. The minimum atomic E-state index is -1.03. The zero-order valence-electron chi connectivity index (χ0n) is 14.6. The second-order valence-electron chi connectivity index (χ2n) is 5.74. The fourth-order valence-electron chi connectivity index (χ4n) is 2.48. The number of amides is 1. The maximum atomic E-state index is 12.3. The number of nitro benzene ring substituents is 1. The summed E-state index contributed by atoms with van der Waals surface area (Å²) in [5.74, 6) is -1.46. The molecule has 1 N–H and O–H groups in total. The van der Waals surface area contributed by atoms with Crippen LogP contribution in [0.3, 0.4) is 0 Å². The summed E-state index contributed by atoms with van der Waals surface area (Å²) in [5, 5.41) is 13.8. The maximum Gasteiger partial charge on any atom is 0.345 e. The van der Waals surface area contributed by atoms with Crippen LogP contribution >= 0.6 is 0 Å². The molecule has 1 aliphatic heterocycles. The monoisotopic (exact) mass is 386 g/mol. The van der Waals surface area contributed by atoms with E-state index in [0.717, 1.165) is 12.1 Å². The molecule has 0 unspecified atom stereocenters. The van der Waals surface area contributed by atoms with Crippen molar-refractivity contribution in [2.45, 2.75) is 6.92 Å². The van der Waals surface area contributed by atoms with Crippen LogP contribution in [0.15, 0.2) is 36.4 Å². The molecule has 0 fully saturated rings. The van der Waals surface area contributed by atoms with Gasteiger partial charge in [0.25, 0.3) is 5.69 Å². The number of benzene rings is 2. The van der Waals surface area contributed by atoms with Crippen molar-refractivity contribution in [3.05, 3.63) is 57.6 Å². The molecule has 1 heterocycles. The molecule has 3 rings (SSSR count). The molecule has 0 aromatic heterocycles. The molecule has 0 saturated heterocycles. The summed E-state index contributed by atoms with van der Waals surface area (Å²) in [6.45, 7) is 0.635. The zero-order valence-corrected chi connectivity index (χ0v) is 14.6. The van der Waals surface area contributed by atoms with Gasteiger partial charge in [0.2, 0.25) is 12.7 Å². The van der Waals surface area contributed by atoms with Crippen LogP contribution < -0.4 is 14.8 Å². The Bertz CT molecular complexity index is 968. The van der Waals surface area contributed by atoms with Gasteiger partial charge in [-0.3, -0.25) is 19.7 Å². The van der Waals surface area contributed by atoms with Gasteiger partial charge < -0.3 is 19.5 Å². The number of nitro groups is 1.